The van der Waals surface area contributed by atoms with Gasteiger partial charge in [-0.3, -0.25) is 0 Å². The van der Waals surface area contributed by atoms with Gasteiger partial charge in [-0.15, -0.1) is 0 Å². The summed E-state index contributed by atoms with van der Waals surface area (Å²) in [5, 5.41) is 0. The number of unbranched alkanes of at least 4 members (excludes halogenated alkanes) is 2. The third-order valence-electron chi connectivity index (χ3n) is 5.15. The summed E-state index contributed by atoms with van der Waals surface area (Å²) >= 11 is 0. The smallest absolute Gasteiger partial charge is 0.343 e. The fraction of sp³-hybridized carbons (Fsp3) is 0.296. The number of benzene rings is 3. The van der Waals surface area contributed by atoms with Crippen LogP contribution in [-0.2, 0) is 12.8 Å². The molecule has 150 valence electrons. The van der Waals surface area contributed by atoms with Gasteiger partial charge < -0.3 is 4.74 Å². The summed E-state index contributed by atoms with van der Waals surface area (Å²) in [6.07, 6.45) is 7.04. The second kappa shape index (κ2) is 10.6. The standard InChI is InChI=1S/C27H30O2/c1-3-5-6-8-22-9-13-23(14-10-22)24-17-19-26(20-18-24)29-27(28)25-15-11-21(7-4-2)12-16-25/h9-20H,3-8H2,1-2H3. The van der Waals surface area contributed by atoms with E-state index in [-0.39, 0.29) is 5.97 Å². The van der Waals surface area contributed by atoms with Crippen molar-refractivity contribution in [3.63, 3.8) is 0 Å². The molecular formula is C27H30O2. The van der Waals surface area contributed by atoms with Crippen molar-refractivity contribution >= 4 is 5.97 Å². The molecule has 0 amide bonds. The van der Waals surface area contributed by atoms with Crippen LogP contribution < -0.4 is 4.74 Å². The number of carbonyl (C=O) groups excluding carboxylic acids is 1. The van der Waals surface area contributed by atoms with Crippen LogP contribution in [0.25, 0.3) is 11.1 Å². The molecule has 0 aliphatic heterocycles. The van der Waals surface area contributed by atoms with Gasteiger partial charge in [0.05, 0.1) is 5.56 Å². The normalized spacial score (nSPS) is 10.7. The first-order valence-electron chi connectivity index (χ1n) is 10.7. The van der Waals surface area contributed by atoms with E-state index in [1.807, 2.05) is 48.5 Å². The van der Waals surface area contributed by atoms with Crippen LogP contribution in [0.4, 0.5) is 0 Å². The fourth-order valence-electron chi connectivity index (χ4n) is 3.42. The van der Waals surface area contributed by atoms with Gasteiger partial charge in [0.1, 0.15) is 5.75 Å². The summed E-state index contributed by atoms with van der Waals surface area (Å²) in [6, 6.07) is 24.1. The van der Waals surface area contributed by atoms with Crippen LogP contribution in [0.15, 0.2) is 72.8 Å². The maximum atomic E-state index is 12.4. The maximum Gasteiger partial charge on any atom is 0.343 e. The quantitative estimate of drug-likeness (QED) is 0.220. The van der Waals surface area contributed by atoms with Crippen LogP contribution in [0.1, 0.15) is 61.0 Å². The molecule has 2 nitrogen and oxygen atoms in total. The summed E-state index contributed by atoms with van der Waals surface area (Å²) in [4.78, 5) is 12.4. The van der Waals surface area contributed by atoms with Crippen molar-refractivity contribution in [2.24, 2.45) is 0 Å². The molecule has 0 fully saturated rings. The molecule has 0 heterocycles. The van der Waals surface area contributed by atoms with E-state index in [9.17, 15) is 4.79 Å². The lowest BCUT2D eigenvalue weighted by Gasteiger charge is -2.08. The van der Waals surface area contributed by atoms with Crippen LogP contribution in [0.3, 0.4) is 0 Å². The zero-order chi connectivity index (χ0) is 20.5. The lowest BCUT2D eigenvalue weighted by molar-refractivity contribution is 0.0735. The van der Waals surface area contributed by atoms with E-state index >= 15 is 0 Å². The first kappa shape index (κ1) is 20.9. The molecule has 0 saturated heterocycles. The van der Waals surface area contributed by atoms with Crippen molar-refractivity contribution in [3.05, 3.63) is 89.5 Å². The van der Waals surface area contributed by atoms with Gasteiger partial charge in [-0.2, -0.15) is 0 Å². The zero-order valence-electron chi connectivity index (χ0n) is 17.5. The molecule has 0 saturated carbocycles. The lowest BCUT2D eigenvalue weighted by atomic mass is 10.0. The summed E-state index contributed by atoms with van der Waals surface area (Å²) in [7, 11) is 0. The molecule has 0 aliphatic rings. The van der Waals surface area contributed by atoms with Gasteiger partial charge in [0.15, 0.2) is 0 Å². The van der Waals surface area contributed by atoms with Gasteiger partial charge in [-0.1, -0.05) is 81.6 Å². The van der Waals surface area contributed by atoms with Crippen LogP contribution >= 0.6 is 0 Å². The Balaban J connectivity index is 1.60. The molecule has 0 aliphatic carbocycles. The van der Waals surface area contributed by atoms with Gasteiger partial charge in [0.2, 0.25) is 0 Å². The van der Waals surface area contributed by atoms with Crippen LogP contribution in [0.2, 0.25) is 0 Å². The molecule has 0 spiro atoms. The third kappa shape index (κ3) is 6.05. The Morgan fingerprint density at radius 3 is 1.79 bits per heavy atom. The Labute approximate surface area is 174 Å². The molecule has 3 aromatic rings. The molecule has 0 bridgehead atoms. The third-order valence-corrected chi connectivity index (χ3v) is 5.15. The average Bonchev–Trinajstić information content (AvgIpc) is 2.76. The number of ether oxygens (including phenoxy) is 1. The first-order valence-corrected chi connectivity index (χ1v) is 10.7. The van der Waals surface area contributed by atoms with Crippen LogP contribution in [0.5, 0.6) is 5.75 Å². The minimum absolute atomic E-state index is 0.322. The van der Waals surface area contributed by atoms with E-state index in [1.165, 1.54) is 36.0 Å². The molecule has 0 aromatic heterocycles. The van der Waals surface area contributed by atoms with Crippen molar-refractivity contribution in [1.82, 2.24) is 0 Å². The minimum atomic E-state index is -0.322. The topological polar surface area (TPSA) is 26.3 Å². The number of esters is 1. The van der Waals surface area contributed by atoms with E-state index in [4.69, 9.17) is 4.74 Å². The van der Waals surface area contributed by atoms with E-state index in [1.54, 1.807) is 0 Å². The summed E-state index contributed by atoms with van der Waals surface area (Å²) in [5.41, 5.74) is 5.50. The molecule has 2 heteroatoms. The molecule has 0 N–H and O–H groups in total. The predicted octanol–water partition coefficient (Wildman–Crippen LogP) is 7.26. The fourth-order valence-corrected chi connectivity index (χ4v) is 3.42. The SMILES string of the molecule is CCCCCc1ccc(-c2ccc(OC(=O)c3ccc(CCC)cc3)cc2)cc1. The Bertz CT molecular complexity index is 891. The zero-order valence-corrected chi connectivity index (χ0v) is 17.5. The Morgan fingerprint density at radius 1 is 0.655 bits per heavy atom. The van der Waals surface area contributed by atoms with Gasteiger partial charge in [-0.25, -0.2) is 4.79 Å². The average molecular weight is 387 g/mol. The van der Waals surface area contributed by atoms with Crippen LogP contribution in [0, 0.1) is 0 Å². The molecule has 0 atom stereocenters. The van der Waals surface area contributed by atoms with Crippen LogP contribution in [-0.4, -0.2) is 5.97 Å². The van der Waals surface area contributed by atoms with Crippen molar-refractivity contribution in [3.8, 4) is 16.9 Å². The van der Waals surface area contributed by atoms with Crippen molar-refractivity contribution in [2.45, 2.75) is 52.4 Å². The molecule has 0 unspecified atom stereocenters. The molecule has 3 aromatic carbocycles. The van der Waals surface area contributed by atoms with Gasteiger partial charge in [0.25, 0.3) is 0 Å². The molecule has 0 radical (unpaired) electrons. The molecular weight excluding hydrogens is 356 g/mol. The number of aryl methyl sites for hydroxylation is 2. The Kier molecular flexibility index (Phi) is 7.63. The number of hydrogen-bond acceptors (Lipinski definition) is 2. The van der Waals surface area contributed by atoms with E-state index in [0.29, 0.717) is 11.3 Å². The largest absolute Gasteiger partial charge is 0.423 e. The second-order valence-electron chi connectivity index (χ2n) is 7.51. The van der Waals surface area contributed by atoms with E-state index in [0.717, 1.165) is 24.8 Å². The molecule has 3 rings (SSSR count). The number of hydrogen-bond donors (Lipinski definition) is 0. The van der Waals surface area contributed by atoms with Gasteiger partial charge in [0, 0.05) is 0 Å². The maximum absolute atomic E-state index is 12.4. The van der Waals surface area contributed by atoms with Gasteiger partial charge >= 0.3 is 5.97 Å². The second-order valence-corrected chi connectivity index (χ2v) is 7.51. The predicted molar refractivity (Wildman–Crippen MR) is 121 cm³/mol. The highest BCUT2D eigenvalue weighted by molar-refractivity contribution is 5.91. The van der Waals surface area contributed by atoms with Crippen molar-refractivity contribution in [2.75, 3.05) is 0 Å². The highest BCUT2D eigenvalue weighted by Crippen LogP contribution is 2.24. The Morgan fingerprint density at radius 2 is 1.21 bits per heavy atom. The van der Waals surface area contributed by atoms with E-state index in [2.05, 4.69) is 38.1 Å². The highest BCUT2D eigenvalue weighted by Gasteiger charge is 2.09. The highest BCUT2D eigenvalue weighted by atomic mass is 16.5. The first-order chi connectivity index (χ1) is 14.2. The number of carbonyl (C=O) groups is 1. The monoisotopic (exact) mass is 386 g/mol. The van der Waals surface area contributed by atoms with Crippen molar-refractivity contribution < 1.29 is 9.53 Å². The summed E-state index contributed by atoms with van der Waals surface area (Å²) in [6.45, 7) is 4.38. The Hall–Kier alpha value is -2.87. The van der Waals surface area contributed by atoms with E-state index < -0.39 is 0 Å². The summed E-state index contributed by atoms with van der Waals surface area (Å²) in [5.74, 6) is 0.241. The lowest BCUT2D eigenvalue weighted by Crippen LogP contribution is -2.08. The van der Waals surface area contributed by atoms with Crippen molar-refractivity contribution in [1.29, 1.82) is 0 Å². The molecule has 29 heavy (non-hydrogen) atoms. The summed E-state index contributed by atoms with van der Waals surface area (Å²) < 4.78 is 5.53. The number of rotatable bonds is 9. The van der Waals surface area contributed by atoms with Gasteiger partial charge in [-0.05, 0) is 65.8 Å². The minimum Gasteiger partial charge on any atom is -0.423 e.